The van der Waals surface area contributed by atoms with Crippen molar-refractivity contribution in [2.75, 3.05) is 11.5 Å². The third kappa shape index (κ3) is 1.69. The molecule has 0 amide bonds. The van der Waals surface area contributed by atoms with Crippen LogP contribution in [-0.2, 0) is 9.84 Å². The molecule has 0 aliphatic heterocycles. The summed E-state index contributed by atoms with van der Waals surface area (Å²) in [5, 5.41) is 2.08. The van der Waals surface area contributed by atoms with Gasteiger partial charge in [-0.15, -0.1) is 0 Å². The first kappa shape index (κ1) is 9.72. The Morgan fingerprint density at radius 3 is 2.69 bits per heavy atom. The lowest BCUT2D eigenvalue weighted by Crippen LogP contribution is -2.17. The zero-order valence-corrected chi connectivity index (χ0v) is 7.67. The van der Waals surface area contributed by atoms with Gasteiger partial charge in [0.1, 0.15) is 5.69 Å². The minimum atomic E-state index is -3.80. The maximum absolute atomic E-state index is 11.2. The summed E-state index contributed by atoms with van der Waals surface area (Å²) in [7, 11) is -3.80. The van der Waals surface area contributed by atoms with Crippen LogP contribution in [0.3, 0.4) is 0 Å². The van der Waals surface area contributed by atoms with Gasteiger partial charge in [0, 0.05) is 0 Å². The van der Waals surface area contributed by atoms with E-state index in [0.717, 1.165) is 6.20 Å². The molecule has 1 aromatic rings. The van der Waals surface area contributed by atoms with Crippen molar-refractivity contribution < 1.29 is 17.7 Å². The Morgan fingerprint density at radius 1 is 1.69 bits per heavy atom. The largest absolute Gasteiger partial charge is 0.394 e. The fourth-order valence-electron chi connectivity index (χ4n) is 0.675. The lowest BCUT2D eigenvalue weighted by atomic mass is 10.4. The Balaban J connectivity index is 3.14. The quantitative estimate of drug-likeness (QED) is 0.717. The average Bonchev–Trinajstić information content (AvgIpc) is 2.50. The predicted molar refractivity (Wildman–Crippen MR) is 44.7 cm³/mol. The van der Waals surface area contributed by atoms with Crippen LogP contribution in [0.1, 0.15) is 17.5 Å². The Labute approximate surface area is 74.6 Å². The van der Waals surface area contributed by atoms with E-state index < -0.39 is 20.7 Å². The van der Waals surface area contributed by atoms with Crippen LogP contribution in [0.2, 0.25) is 0 Å². The van der Waals surface area contributed by atoms with Gasteiger partial charge in [-0.2, -0.15) is 0 Å². The minimum Gasteiger partial charge on any atom is -0.394 e. The highest BCUT2D eigenvalue weighted by molar-refractivity contribution is 8.06. The van der Waals surface area contributed by atoms with Gasteiger partial charge in [0.25, 0.3) is 0 Å². The fourth-order valence-corrected chi connectivity index (χ4v) is 1.37. The normalized spacial score (nSPS) is 11.5. The van der Waals surface area contributed by atoms with Gasteiger partial charge in [0.15, 0.2) is 0 Å². The first-order valence-electron chi connectivity index (χ1n) is 3.46. The Hall–Kier alpha value is -1.37. The zero-order valence-electron chi connectivity index (χ0n) is 6.85. The van der Waals surface area contributed by atoms with Gasteiger partial charge in [0.2, 0.25) is 15.6 Å². The molecule has 7 heteroatoms. The molecular formula is C6H8N2O4S. The molecule has 1 heterocycles. The van der Waals surface area contributed by atoms with Gasteiger partial charge >= 0.3 is 5.12 Å². The van der Waals surface area contributed by atoms with E-state index in [4.69, 9.17) is 5.73 Å². The van der Waals surface area contributed by atoms with E-state index >= 15 is 0 Å². The van der Waals surface area contributed by atoms with E-state index in [2.05, 4.69) is 9.68 Å². The Morgan fingerprint density at radius 2 is 2.31 bits per heavy atom. The van der Waals surface area contributed by atoms with Crippen molar-refractivity contribution in [1.29, 1.82) is 0 Å². The molecule has 2 N–H and O–H groups in total. The molecule has 0 aliphatic rings. The van der Waals surface area contributed by atoms with E-state index in [1.54, 1.807) is 0 Å². The summed E-state index contributed by atoms with van der Waals surface area (Å²) in [5.74, 6) is -0.701. The average molecular weight is 204 g/mol. The molecule has 0 bridgehead atoms. The second-order valence-corrected chi connectivity index (χ2v) is 4.48. The van der Waals surface area contributed by atoms with E-state index in [9.17, 15) is 13.2 Å². The number of nitrogen functional groups attached to an aromatic ring is 1. The molecule has 0 radical (unpaired) electrons. The van der Waals surface area contributed by atoms with Gasteiger partial charge < -0.3 is 10.3 Å². The number of rotatable bonds is 2. The number of carbonyl (C=O) groups excluding carboxylic acids is 1. The highest BCUT2D eigenvalue weighted by Crippen LogP contribution is 2.13. The predicted octanol–water partition coefficient (Wildman–Crippen LogP) is -0.168. The molecule has 0 atom stereocenters. The Kier molecular flexibility index (Phi) is 2.37. The number of nitrogens with two attached hydrogens (primary N) is 1. The van der Waals surface area contributed by atoms with Gasteiger partial charge in [0.05, 0.1) is 11.9 Å². The topological polar surface area (TPSA) is 103 Å². The number of aromatic nitrogens is 1. The van der Waals surface area contributed by atoms with Gasteiger partial charge in [-0.25, -0.2) is 8.42 Å². The third-order valence-corrected chi connectivity index (χ3v) is 2.96. The highest BCUT2D eigenvalue weighted by Gasteiger charge is 2.27. The second-order valence-electron chi connectivity index (χ2n) is 2.30. The molecule has 72 valence electrons. The van der Waals surface area contributed by atoms with Crippen LogP contribution in [0.5, 0.6) is 0 Å². The number of hydrogen-bond acceptors (Lipinski definition) is 6. The van der Waals surface area contributed by atoms with Crippen LogP contribution in [0, 0.1) is 0 Å². The molecular weight excluding hydrogens is 196 g/mol. The molecule has 0 aromatic carbocycles. The molecule has 0 aliphatic carbocycles. The summed E-state index contributed by atoms with van der Waals surface area (Å²) < 4.78 is 26.5. The first-order chi connectivity index (χ1) is 5.99. The van der Waals surface area contributed by atoms with E-state index in [1.807, 2.05) is 0 Å². The number of carbonyl (C=O) groups is 1. The molecule has 1 rings (SSSR count). The molecule has 0 saturated heterocycles. The molecule has 6 nitrogen and oxygen atoms in total. The monoisotopic (exact) mass is 204 g/mol. The van der Waals surface area contributed by atoms with Crippen LogP contribution in [-0.4, -0.2) is 24.4 Å². The van der Waals surface area contributed by atoms with Crippen molar-refractivity contribution in [3.05, 3.63) is 12.0 Å². The van der Waals surface area contributed by atoms with Crippen LogP contribution in [0.4, 0.5) is 5.69 Å². The third-order valence-electron chi connectivity index (χ3n) is 1.45. The van der Waals surface area contributed by atoms with Gasteiger partial charge in [-0.1, -0.05) is 12.1 Å². The van der Waals surface area contributed by atoms with Crippen LogP contribution in [0.15, 0.2) is 10.7 Å². The summed E-state index contributed by atoms with van der Waals surface area (Å²) in [5.41, 5.74) is 5.18. The molecule has 0 saturated carbocycles. The standard InChI is InChI=1S/C6H8N2O4S/c1-2-13(10,11)6(9)5-4(7)3-8-12-5/h3H,2,7H2,1H3. The molecule has 0 unspecified atom stereocenters. The van der Waals surface area contributed by atoms with Gasteiger partial charge in [-0.3, -0.25) is 4.79 Å². The van der Waals surface area contributed by atoms with Crippen molar-refractivity contribution >= 4 is 20.6 Å². The first-order valence-corrected chi connectivity index (χ1v) is 5.11. The molecule has 13 heavy (non-hydrogen) atoms. The maximum atomic E-state index is 11.2. The summed E-state index contributed by atoms with van der Waals surface area (Å²) in [6.45, 7) is 1.36. The summed E-state index contributed by atoms with van der Waals surface area (Å²) in [6, 6.07) is 0. The SMILES string of the molecule is CCS(=O)(=O)C(=O)c1oncc1N. The minimum absolute atomic E-state index is 0.0676. The number of nitrogens with zero attached hydrogens (tertiary/aromatic N) is 1. The highest BCUT2D eigenvalue weighted by atomic mass is 32.2. The molecule has 0 spiro atoms. The van der Waals surface area contributed by atoms with Crippen LogP contribution < -0.4 is 5.73 Å². The lowest BCUT2D eigenvalue weighted by molar-refractivity contribution is 0.104. The number of hydrogen-bond donors (Lipinski definition) is 1. The lowest BCUT2D eigenvalue weighted by Gasteiger charge is -1.95. The molecule has 1 aromatic heterocycles. The summed E-state index contributed by atoms with van der Waals surface area (Å²) >= 11 is 0. The molecule has 0 fully saturated rings. The maximum Gasteiger partial charge on any atom is 0.316 e. The Bertz CT molecular complexity index is 420. The smallest absolute Gasteiger partial charge is 0.316 e. The van der Waals surface area contributed by atoms with E-state index in [0.29, 0.717) is 0 Å². The van der Waals surface area contributed by atoms with Crippen LogP contribution in [0.25, 0.3) is 0 Å². The van der Waals surface area contributed by atoms with Crippen molar-refractivity contribution in [2.24, 2.45) is 0 Å². The number of sulfone groups is 1. The van der Waals surface area contributed by atoms with E-state index in [1.165, 1.54) is 6.92 Å². The van der Waals surface area contributed by atoms with Crippen molar-refractivity contribution in [1.82, 2.24) is 5.16 Å². The fraction of sp³-hybridized carbons (Fsp3) is 0.333. The second kappa shape index (κ2) is 3.17. The van der Waals surface area contributed by atoms with Crippen molar-refractivity contribution in [2.45, 2.75) is 6.92 Å². The summed E-state index contributed by atoms with van der Waals surface area (Å²) in [6.07, 6.45) is 1.08. The zero-order chi connectivity index (χ0) is 10.1. The van der Waals surface area contributed by atoms with Gasteiger partial charge in [-0.05, 0) is 0 Å². The number of anilines is 1. The van der Waals surface area contributed by atoms with Crippen LogP contribution >= 0.6 is 0 Å². The van der Waals surface area contributed by atoms with E-state index in [-0.39, 0.29) is 11.4 Å². The van der Waals surface area contributed by atoms with Crippen molar-refractivity contribution in [3.8, 4) is 0 Å². The van der Waals surface area contributed by atoms with Crippen molar-refractivity contribution in [3.63, 3.8) is 0 Å². The summed E-state index contributed by atoms with van der Waals surface area (Å²) in [4.78, 5) is 11.2.